The van der Waals surface area contributed by atoms with Gasteiger partial charge in [-0.05, 0) is 25.1 Å². The lowest BCUT2D eigenvalue weighted by atomic mass is 10.2. The van der Waals surface area contributed by atoms with Gasteiger partial charge < -0.3 is 11.1 Å². The molecule has 0 bridgehead atoms. The zero-order chi connectivity index (χ0) is 10.6. The normalized spacial score (nSPS) is 12.9. The highest BCUT2D eigenvalue weighted by molar-refractivity contribution is 6.30. The van der Waals surface area contributed by atoms with Gasteiger partial charge in [0.05, 0.1) is 0 Å². The molecule has 3 N–H and O–H groups in total. The molecule has 1 aromatic carbocycles. The van der Waals surface area contributed by atoms with Crippen molar-refractivity contribution in [1.82, 2.24) is 5.32 Å². The Hall–Kier alpha value is -0.640. The van der Waals surface area contributed by atoms with Crippen LogP contribution < -0.4 is 11.1 Å². The summed E-state index contributed by atoms with van der Waals surface area (Å²) in [7, 11) is 0. The molecule has 78 valence electrons. The van der Waals surface area contributed by atoms with E-state index in [9.17, 15) is 4.39 Å². The molecule has 0 heterocycles. The summed E-state index contributed by atoms with van der Waals surface area (Å²) < 4.78 is 13.2. The van der Waals surface area contributed by atoms with Crippen LogP contribution in [-0.4, -0.2) is 12.6 Å². The molecule has 0 unspecified atom stereocenters. The first-order chi connectivity index (χ1) is 6.63. The lowest BCUT2D eigenvalue weighted by molar-refractivity contribution is 0.533. The number of nitrogens with two attached hydrogens (primary N) is 1. The molecule has 14 heavy (non-hydrogen) atoms. The van der Waals surface area contributed by atoms with Crippen molar-refractivity contribution in [2.75, 3.05) is 6.54 Å². The van der Waals surface area contributed by atoms with E-state index < -0.39 is 0 Å². The van der Waals surface area contributed by atoms with Crippen LogP contribution in [0, 0.1) is 5.82 Å². The molecule has 1 aromatic rings. The predicted molar refractivity (Wildman–Crippen MR) is 56.8 cm³/mol. The smallest absolute Gasteiger partial charge is 0.127 e. The predicted octanol–water partition coefficient (Wildman–Crippen LogP) is 1.92. The van der Waals surface area contributed by atoms with Gasteiger partial charge in [-0.3, -0.25) is 0 Å². The first kappa shape index (κ1) is 11.4. The number of hydrogen-bond acceptors (Lipinski definition) is 2. The molecule has 0 saturated carbocycles. The first-order valence-corrected chi connectivity index (χ1v) is 4.88. The van der Waals surface area contributed by atoms with Crippen molar-refractivity contribution in [3.8, 4) is 0 Å². The largest absolute Gasteiger partial charge is 0.329 e. The molecule has 1 rings (SSSR count). The Morgan fingerprint density at radius 3 is 2.93 bits per heavy atom. The summed E-state index contributed by atoms with van der Waals surface area (Å²) in [5.41, 5.74) is 5.99. The highest BCUT2D eigenvalue weighted by atomic mass is 35.5. The summed E-state index contributed by atoms with van der Waals surface area (Å²) in [6.45, 7) is 2.93. The van der Waals surface area contributed by atoms with Crippen molar-refractivity contribution in [3.05, 3.63) is 34.6 Å². The summed E-state index contributed by atoms with van der Waals surface area (Å²) in [5.74, 6) is -0.244. The molecule has 0 aliphatic heterocycles. The Balaban J connectivity index is 2.62. The van der Waals surface area contributed by atoms with Gasteiger partial charge >= 0.3 is 0 Å². The van der Waals surface area contributed by atoms with Crippen LogP contribution in [0.2, 0.25) is 5.02 Å². The fourth-order valence-corrected chi connectivity index (χ4v) is 1.24. The molecule has 2 nitrogen and oxygen atoms in total. The van der Waals surface area contributed by atoms with Crippen molar-refractivity contribution in [2.45, 2.75) is 19.5 Å². The Kier molecular flexibility index (Phi) is 4.32. The minimum Gasteiger partial charge on any atom is -0.329 e. The SMILES string of the molecule is C[C@H](CN)NCc1cc(Cl)ccc1F. The number of rotatable bonds is 4. The van der Waals surface area contributed by atoms with Gasteiger partial charge in [-0.1, -0.05) is 11.6 Å². The van der Waals surface area contributed by atoms with Gasteiger partial charge in [0.15, 0.2) is 0 Å². The molecule has 0 aliphatic rings. The number of benzene rings is 1. The minimum absolute atomic E-state index is 0.174. The zero-order valence-corrected chi connectivity index (χ0v) is 8.81. The highest BCUT2D eigenvalue weighted by Gasteiger charge is 2.04. The van der Waals surface area contributed by atoms with Crippen molar-refractivity contribution in [2.24, 2.45) is 5.73 Å². The van der Waals surface area contributed by atoms with Gasteiger partial charge in [0.25, 0.3) is 0 Å². The first-order valence-electron chi connectivity index (χ1n) is 4.51. The maximum absolute atomic E-state index is 13.2. The van der Waals surface area contributed by atoms with Gasteiger partial charge in [-0.15, -0.1) is 0 Å². The quantitative estimate of drug-likeness (QED) is 0.807. The van der Waals surface area contributed by atoms with E-state index in [1.165, 1.54) is 12.1 Å². The molecule has 0 aromatic heterocycles. The summed E-state index contributed by atoms with van der Waals surface area (Å²) in [6, 6.07) is 4.69. The van der Waals surface area contributed by atoms with E-state index in [1.807, 2.05) is 6.92 Å². The Morgan fingerprint density at radius 2 is 2.29 bits per heavy atom. The third-order valence-corrected chi connectivity index (χ3v) is 2.24. The van der Waals surface area contributed by atoms with Crippen molar-refractivity contribution < 1.29 is 4.39 Å². The summed E-state index contributed by atoms with van der Waals surface area (Å²) in [4.78, 5) is 0. The molecular weight excluding hydrogens is 203 g/mol. The van der Waals surface area contributed by atoms with E-state index in [2.05, 4.69) is 5.32 Å². The van der Waals surface area contributed by atoms with Crippen LogP contribution in [0.25, 0.3) is 0 Å². The average Bonchev–Trinajstić information content (AvgIpc) is 2.19. The Morgan fingerprint density at radius 1 is 1.57 bits per heavy atom. The monoisotopic (exact) mass is 216 g/mol. The second-order valence-corrected chi connectivity index (χ2v) is 3.69. The van der Waals surface area contributed by atoms with Crippen LogP contribution in [-0.2, 0) is 6.54 Å². The standard InChI is InChI=1S/C10H14ClFN2/c1-7(5-13)14-6-8-4-9(11)2-3-10(8)12/h2-4,7,14H,5-6,13H2,1H3/t7-/m1/s1. The Labute approximate surface area is 88.2 Å². The maximum atomic E-state index is 13.2. The van der Waals surface area contributed by atoms with Gasteiger partial charge in [-0.2, -0.15) is 0 Å². The maximum Gasteiger partial charge on any atom is 0.127 e. The Bertz CT molecular complexity index is 304. The molecule has 0 aliphatic carbocycles. The molecular formula is C10H14ClFN2. The van der Waals surface area contributed by atoms with Crippen LogP contribution in [0.3, 0.4) is 0 Å². The fourth-order valence-electron chi connectivity index (χ4n) is 1.05. The highest BCUT2D eigenvalue weighted by Crippen LogP contribution is 2.14. The average molecular weight is 217 g/mol. The van der Waals surface area contributed by atoms with E-state index in [1.54, 1.807) is 6.07 Å². The zero-order valence-electron chi connectivity index (χ0n) is 8.06. The second-order valence-electron chi connectivity index (χ2n) is 3.25. The van der Waals surface area contributed by atoms with E-state index >= 15 is 0 Å². The summed E-state index contributed by atoms with van der Waals surface area (Å²) in [5, 5.41) is 3.64. The molecule has 4 heteroatoms. The van der Waals surface area contributed by atoms with Crippen molar-refractivity contribution in [1.29, 1.82) is 0 Å². The van der Waals surface area contributed by atoms with Crippen LogP contribution in [0.15, 0.2) is 18.2 Å². The van der Waals surface area contributed by atoms with Gasteiger partial charge in [0.1, 0.15) is 5.82 Å². The van der Waals surface area contributed by atoms with Gasteiger partial charge in [0, 0.05) is 29.7 Å². The second kappa shape index (κ2) is 5.29. The fraction of sp³-hybridized carbons (Fsp3) is 0.400. The molecule has 0 spiro atoms. The van der Waals surface area contributed by atoms with Crippen LogP contribution in [0.1, 0.15) is 12.5 Å². The molecule has 1 atom stereocenters. The van der Waals surface area contributed by atoms with Crippen molar-refractivity contribution >= 4 is 11.6 Å². The number of halogens is 2. The third kappa shape index (κ3) is 3.25. The summed E-state index contributed by atoms with van der Waals surface area (Å²) >= 11 is 5.75. The van der Waals surface area contributed by atoms with Crippen molar-refractivity contribution in [3.63, 3.8) is 0 Å². The van der Waals surface area contributed by atoms with E-state index in [4.69, 9.17) is 17.3 Å². The lowest BCUT2D eigenvalue weighted by Crippen LogP contribution is -2.32. The lowest BCUT2D eigenvalue weighted by Gasteiger charge is -2.11. The van der Waals surface area contributed by atoms with Gasteiger partial charge in [0.2, 0.25) is 0 Å². The van der Waals surface area contributed by atoms with E-state index in [-0.39, 0.29) is 11.9 Å². The number of hydrogen-bond donors (Lipinski definition) is 2. The third-order valence-electron chi connectivity index (χ3n) is 2.00. The molecule has 0 radical (unpaired) electrons. The molecule has 0 fully saturated rings. The minimum atomic E-state index is -0.244. The molecule has 0 amide bonds. The van der Waals surface area contributed by atoms with E-state index in [0.29, 0.717) is 23.7 Å². The van der Waals surface area contributed by atoms with E-state index in [0.717, 1.165) is 0 Å². The van der Waals surface area contributed by atoms with Crippen LogP contribution >= 0.6 is 11.6 Å². The topological polar surface area (TPSA) is 38.0 Å². The van der Waals surface area contributed by atoms with Crippen LogP contribution in [0.4, 0.5) is 4.39 Å². The molecule has 0 saturated heterocycles. The van der Waals surface area contributed by atoms with Gasteiger partial charge in [-0.25, -0.2) is 4.39 Å². The number of nitrogens with one attached hydrogen (secondary N) is 1. The summed E-state index contributed by atoms with van der Waals surface area (Å²) in [6.07, 6.45) is 0. The van der Waals surface area contributed by atoms with Crippen LogP contribution in [0.5, 0.6) is 0 Å².